The van der Waals surface area contributed by atoms with Gasteiger partial charge in [0.2, 0.25) is 0 Å². The van der Waals surface area contributed by atoms with E-state index in [2.05, 4.69) is 0 Å². The van der Waals surface area contributed by atoms with Crippen molar-refractivity contribution in [3.8, 4) is 0 Å². The van der Waals surface area contributed by atoms with Crippen molar-refractivity contribution in [1.82, 2.24) is 4.90 Å². The van der Waals surface area contributed by atoms with Crippen LogP contribution in [0.25, 0.3) is 0 Å². The van der Waals surface area contributed by atoms with Gasteiger partial charge in [0.25, 0.3) is 0 Å². The third kappa shape index (κ3) is 5.32. The molecule has 0 aliphatic carbocycles. The highest BCUT2D eigenvalue weighted by atomic mass is 16.7. The molecule has 4 atom stereocenters. The molecule has 4 unspecified atom stereocenters. The molecule has 0 N–H and O–H groups in total. The monoisotopic (exact) mass is 397 g/mol. The molecule has 0 spiro atoms. The predicted octanol–water partition coefficient (Wildman–Crippen LogP) is 0.0665. The van der Waals surface area contributed by atoms with Crippen molar-refractivity contribution in [1.29, 1.82) is 0 Å². The van der Waals surface area contributed by atoms with Crippen molar-refractivity contribution in [2.75, 3.05) is 20.3 Å². The Bertz CT molecular complexity index is 699. The van der Waals surface area contributed by atoms with Crippen LogP contribution < -0.4 is 0 Å². The molecule has 10 nitrogen and oxygen atoms in total. The molecule has 1 saturated heterocycles. The first-order valence-corrected chi connectivity index (χ1v) is 8.57. The molecule has 2 heterocycles. The smallest absolute Gasteiger partial charge is 0.335 e. The molecule has 0 aromatic rings. The van der Waals surface area contributed by atoms with Crippen molar-refractivity contribution in [2.24, 2.45) is 0 Å². The van der Waals surface area contributed by atoms with Crippen molar-refractivity contribution >= 4 is 23.9 Å². The lowest BCUT2D eigenvalue weighted by molar-refractivity contribution is -0.167. The maximum Gasteiger partial charge on any atom is 0.335 e. The highest BCUT2D eigenvalue weighted by Crippen LogP contribution is 2.31. The number of esters is 4. The lowest BCUT2D eigenvalue weighted by Crippen LogP contribution is -2.47. The van der Waals surface area contributed by atoms with Crippen LogP contribution in [0.2, 0.25) is 0 Å². The average Bonchev–Trinajstić information content (AvgIpc) is 2.95. The van der Waals surface area contributed by atoms with E-state index in [0.717, 1.165) is 0 Å². The summed E-state index contributed by atoms with van der Waals surface area (Å²) in [6, 6.07) is 0. The van der Waals surface area contributed by atoms with E-state index in [1.807, 2.05) is 0 Å². The molecule has 0 aromatic carbocycles. The average molecular weight is 397 g/mol. The first kappa shape index (κ1) is 21.4. The van der Waals surface area contributed by atoms with Gasteiger partial charge in [-0.3, -0.25) is 14.4 Å². The predicted molar refractivity (Wildman–Crippen MR) is 92.3 cm³/mol. The summed E-state index contributed by atoms with van der Waals surface area (Å²) < 4.78 is 26.3. The van der Waals surface area contributed by atoms with Crippen LogP contribution in [-0.4, -0.2) is 73.6 Å². The molecule has 154 valence electrons. The Kier molecular flexibility index (Phi) is 7.16. The fourth-order valence-electron chi connectivity index (χ4n) is 2.97. The number of allylic oxidation sites excluding steroid dienone is 2. The Hall–Kier alpha value is -2.88. The number of methoxy groups -OCH3 is 1. The summed E-state index contributed by atoms with van der Waals surface area (Å²) in [7, 11) is 1.27. The molecule has 0 aromatic heterocycles. The van der Waals surface area contributed by atoms with Gasteiger partial charge in [-0.25, -0.2) is 4.79 Å². The summed E-state index contributed by atoms with van der Waals surface area (Å²) in [5.41, 5.74) is 0.364. The highest BCUT2D eigenvalue weighted by molar-refractivity contribution is 5.89. The van der Waals surface area contributed by atoms with Gasteiger partial charge in [-0.05, 0) is 12.2 Å². The Morgan fingerprint density at radius 3 is 2.29 bits per heavy atom. The van der Waals surface area contributed by atoms with Crippen LogP contribution in [0.3, 0.4) is 0 Å². The summed E-state index contributed by atoms with van der Waals surface area (Å²) in [6.07, 6.45) is 1.13. The van der Waals surface area contributed by atoms with Crippen LogP contribution in [0.15, 0.2) is 23.9 Å². The standard InChI is InChI=1S/C18H23NO9/c1-10(20)25-9-14-15(26-11(2)21)16(27-12(3)22)17(28-14)19-7-5-6-13(8-19)18(23)24-4/h5-7,14-17H,8-9H2,1-4H3. The third-order valence-electron chi connectivity index (χ3n) is 4.04. The number of hydrogen-bond acceptors (Lipinski definition) is 10. The van der Waals surface area contributed by atoms with Crippen LogP contribution in [-0.2, 0) is 42.9 Å². The second-order valence-electron chi connectivity index (χ2n) is 6.21. The first-order chi connectivity index (χ1) is 13.2. The summed E-state index contributed by atoms with van der Waals surface area (Å²) in [6.45, 7) is 3.59. The van der Waals surface area contributed by atoms with Crippen molar-refractivity contribution in [2.45, 2.75) is 45.3 Å². The number of nitrogens with zero attached hydrogens (tertiary/aromatic N) is 1. The van der Waals surface area contributed by atoms with Gasteiger partial charge >= 0.3 is 23.9 Å². The van der Waals surface area contributed by atoms with Gasteiger partial charge in [0.1, 0.15) is 12.7 Å². The van der Waals surface area contributed by atoms with Crippen LogP contribution >= 0.6 is 0 Å². The molecule has 0 bridgehead atoms. The van der Waals surface area contributed by atoms with E-state index in [4.69, 9.17) is 23.7 Å². The fourth-order valence-corrected chi connectivity index (χ4v) is 2.97. The van der Waals surface area contributed by atoms with Crippen LogP contribution in [0, 0.1) is 0 Å². The molecule has 2 aliphatic rings. The number of carbonyl (C=O) groups excluding carboxylic acids is 4. The Morgan fingerprint density at radius 2 is 1.71 bits per heavy atom. The van der Waals surface area contributed by atoms with E-state index < -0.39 is 48.4 Å². The summed E-state index contributed by atoms with van der Waals surface area (Å²) in [5, 5.41) is 0. The molecule has 10 heteroatoms. The van der Waals surface area contributed by atoms with Gasteiger partial charge < -0.3 is 28.6 Å². The molecule has 0 radical (unpaired) electrons. The van der Waals surface area contributed by atoms with E-state index in [1.54, 1.807) is 23.3 Å². The molecule has 2 rings (SSSR count). The van der Waals surface area contributed by atoms with E-state index in [0.29, 0.717) is 5.57 Å². The van der Waals surface area contributed by atoms with Crippen molar-refractivity contribution in [3.05, 3.63) is 23.9 Å². The zero-order chi connectivity index (χ0) is 20.8. The van der Waals surface area contributed by atoms with Crippen LogP contribution in [0.4, 0.5) is 0 Å². The molecule has 2 aliphatic heterocycles. The molecule has 0 amide bonds. The highest BCUT2D eigenvalue weighted by Gasteiger charge is 2.51. The third-order valence-corrected chi connectivity index (χ3v) is 4.04. The van der Waals surface area contributed by atoms with Crippen molar-refractivity contribution in [3.63, 3.8) is 0 Å². The lowest BCUT2D eigenvalue weighted by atomic mass is 10.1. The van der Waals surface area contributed by atoms with E-state index in [9.17, 15) is 19.2 Å². The molecule has 0 saturated carbocycles. The van der Waals surface area contributed by atoms with Gasteiger partial charge in [0.05, 0.1) is 19.2 Å². The number of carbonyl (C=O) groups is 4. The zero-order valence-electron chi connectivity index (χ0n) is 16.1. The van der Waals surface area contributed by atoms with Gasteiger partial charge in [0.15, 0.2) is 18.4 Å². The van der Waals surface area contributed by atoms with E-state index >= 15 is 0 Å². The summed E-state index contributed by atoms with van der Waals surface area (Å²) in [4.78, 5) is 47.8. The van der Waals surface area contributed by atoms with Crippen molar-refractivity contribution < 1.29 is 42.9 Å². The van der Waals surface area contributed by atoms with Crippen LogP contribution in [0.5, 0.6) is 0 Å². The molecule has 1 fully saturated rings. The Balaban J connectivity index is 2.27. The van der Waals surface area contributed by atoms with Gasteiger partial charge in [-0.2, -0.15) is 0 Å². The number of ether oxygens (including phenoxy) is 5. The topological polar surface area (TPSA) is 118 Å². The maximum absolute atomic E-state index is 11.8. The number of hydrogen-bond donors (Lipinski definition) is 0. The van der Waals surface area contributed by atoms with Crippen LogP contribution in [0.1, 0.15) is 20.8 Å². The summed E-state index contributed by atoms with van der Waals surface area (Å²) >= 11 is 0. The van der Waals surface area contributed by atoms with Gasteiger partial charge in [0, 0.05) is 27.0 Å². The molecule has 28 heavy (non-hydrogen) atoms. The minimum Gasteiger partial charge on any atom is -0.466 e. The van der Waals surface area contributed by atoms with E-state index in [1.165, 1.54) is 27.9 Å². The lowest BCUT2D eigenvalue weighted by Gasteiger charge is -2.32. The van der Waals surface area contributed by atoms with Gasteiger partial charge in [-0.15, -0.1) is 0 Å². The minimum atomic E-state index is -0.997. The maximum atomic E-state index is 11.8. The first-order valence-electron chi connectivity index (χ1n) is 8.57. The second-order valence-corrected chi connectivity index (χ2v) is 6.21. The zero-order valence-corrected chi connectivity index (χ0v) is 16.1. The molecular weight excluding hydrogens is 374 g/mol. The molecular formula is C18H23NO9. The van der Waals surface area contributed by atoms with E-state index in [-0.39, 0.29) is 13.2 Å². The van der Waals surface area contributed by atoms with Gasteiger partial charge in [-0.1, -0.05) is 0 Å². The Morgan fingerprint density at radius 1 is 1.07 bits per heavy atom. The number of rotatable bonds is 6. The summed E-state index contributed by atoms with van der Waals surface area (Å²) in [5.74, 6) is -2.26. The SMILES string of the molecule is COC(=O)C1=CC=CN(C2OC(COC(C)=O)C(OC(C)=O)C2OC(C)=O)C1. The Labute approximate surface area is 162 Å². The normalized spacial score (nSPS) is 26.3. The minimum absolute atomic E-state index is 0.124. The quantitative estimate of drug-likeness (QED) is 0.450. The fraction of sp³-hybridized carbons (Fsp3) is 0.556. The second kappa shape index (κ2) is 9.36. The largest absolute Gasteiger partial charge is 0.466 e.